The van der Waals surface area contributed by atoms with Crippen LogP contribution in [0.5, 0.6) is 11.5 Å². The molecule has 0 fully saturated rings. The van der Waals surface area contributed by atoms with Crippen LogP contribution in [0.4, 0.5) is 0 Å². The van der Waals surface area contributed by atoms with Gasteiger partial charge in [-0.05, 0) is 30.7 Å². The van der Waals surface area contributed by atoms with Crippen molar-refractivity contribution in [2.45, 2.75) is 19.9 Å². The minimum atomic E-state index is 0.156. The number of phenols is 1. The van der Waals surface area contributed by atoms with Crippen LogP contribution in [0.25, 0.3) is 0 Å². The second kappa shape index (κ2) is 5.98. The van der Waals surface area contributed by atoms with Gasteiger partial charge < -0.3 is 15.2 Å². The zero-order chi connectivity index (χ0) is 11.3. The summed E-state index contributed by atoms with van der Waals surface area (Å²) in [6, 6.07) is 3.49. The monoisotopic (exact) mass is 273 g/mol. The summed E-state index contributed by atoms with van der Waals surface area (Å²) < 4.78 is 5.94. The normalized spacial score (nSPS) is 10.3. The van der Waals surface area contributed by atoms with E-state index in [1.165, 1.54) is 0 Å². The SMILES string of the molecule is CCCNCc1cc(OC)c(O)cc1Br. The Bertz CT molecular complexity index is 329. The molecule has 0 aliphatic rings. The Balaban J connectivity index is 2.78. The lowest BCUT2D eigenvalue weighted by Gasteiger charge is -2.09. The molecule has 0 atom stereocenters. The minimum Gasteiger partial charge on any atom is -0.504 e. The van der Waals surface area contributed by atoms with Crippen LogP contribution in [-0.4, -0.2) is 18.8 Å². The second-order valence-corrected chi connectivity index (χ2v) is 4.15. The molecule has 2 N–H and O–H groups in total. The summed E-state index contributed by atoms with van der Waals surface area (Å²) in [5.41, 5.74) is 1.08. The van der Waals surface area contributed by atoms with Gasteiger partial charge in [0.2, 0.25) is 0 Å². The molecule has 0 amide bonds. The molecule has 0 saturated heterocycles. The van der Waals surface area contributed by atoms with E-state index in [1.807, 2.05) is 6.07 Å². The van der Waals surface area contributed by atoms with Crippen molar-refractivity contribution in [3.63, 3.8) is 0 Å². The number of benzene rings is 1. The molecule has 1 aromatic rings. The van der Waals surface area contributed by atoms with Crippen LogP contribution < -0.4 is 10.1 Å². The lowest BCUT2D eigenvalue weighted by Crippen LogP contribution is -2.14. The van der Waals surface area contributed by atoms with Crippen LogP contribution >= 0.6 is 15.9 Å². The van der Waals surface area contributed by atoms with E-state index in [0.29, 0.717) is 5.75 Å². The van der Waals surface area contributed by atoms with E-state index in [0.717, 1.165) is 29.5 Å². The first kappa shape index (κ1) is 12.3. The molecule has 0 bridgehead atoms. The van der Waals surface area contributed by atoms with Crippen LogP contribution in [-0.2, 0) is 6.54 Å². The Morgan fingerprint density at radius 2 is 2.20 bits per heavy atom. The summed E-state index contributed by atoms with van der Waals surface area (Å²) in [6.45, 7) is 3.88. The molecule has 0 aliphatic heterocycles. The second-order valence-electron chi connectivity index (χ2n) is 3.29. The summed E-state index contributed by atoms with van der Waals surface area (Å²) in [4.78, 5) is 0. The van der Waals surface area contributed by atoms with Crippen LogP contribution in [0.2, 0.25) is 0 Å². The Hall–Kier alpha value is -0.740. The highest BCUT2D eigenvalue weighted by Crippen LogP contribution is 2.32. The third-order valence-corrected chi connectivity index (χ3v) is 2.83. The van der Waals surface area contributed by atoms with Gasteiger partial charge in [0.25, 0.3) is 0 Å². The first-order valence-electron chi connectivity index (χ1n) is 4.95. The van der Waals surface area contributed by atoms with Crippen molar-refractivity contribution in [2.75, 3.05) is 13.7 Å². The molecule has 0 saturated carbocycles. The van der Waals surface area contributed by atoms with Gasteiger partial charge in [0.1, 0.15) is 0 Å². The highest BCUT2D eigenvalue weighted by atomic mass is 79.9. The van der Waals surface area contributed by atoms with Crippen molar-refractivity contribution < 1.29 is 9.84 Å². The van der Waals surface area contributed by atoms with E-state index in [-0.39, 0.29) is 5.75 Å². The molecule has 0 unspecified atom stereocenters. The quantitative estimate of drug-likeness (QED) is 0.811. The van der Waals surface area contributed by atoms with Crippen LogP contribution in [0.1, 0.15) is 18.9 Å². The molecule has 0 aromatic heterocycles. The minimum absolute atomic E-state index is 0.156. The average molecular weight is 274 g/mol. The molecule has 84 valence electrons. The van der Waals surface area contributed by atoms with E-state index in [1.54, 1.807) is 13.2 Å². The fourth-order valence-corrected chi connectivity index (χ4v) is 1.76. The van der Waals surface area contributed by atoms with Crippen molar-refractivity contribution in [3.05, 3.63) is 22.2 Å². The Morgan fingerprint density at radius 1 is 1.47 bits per heavy atom. The fraction of sp³-hybridized carbons (Fsp3) is 0.455. The van der Waals surface area contributed by atoms with Crippen molar-refractivity contribution >= 4 is 15.9 Å². The molecule has 0 spiro atoms. The zero-order valence-corrected chi connectivity index (χ0v) is 10.6. The highest BCUT2D eigenvalue weighted by Gasteiger charge is 2.07. The number of hydrogen-bond donors (Lipinski definition) is 2. The standard InChI is InChI=1S/C11H16BrNO2/c1-3-4-13-7-8-5-11(15-2)10(14)6-9(8)12/h5-6,13-14H,3-4,7H2,1-2H3. The van der Waals surface area contributed by atoms with Gasteiger partial charge in [-0.25, -0.2) is 0 Å². The molecule has 15 heavy (non-hydrogen) atoms. The predicted octanol–water partition coefficient (Wildman–Crippen LogP) is 2.66. The van der Waals surface area contributed by atoms with Crippen LogP contribution in [0, 0.1) is 0 Å². The van der Waals surface area contributed by atoms with Crippen molar-refractivity contribution in [2.24, 2.45) is 0 Å². The van der Waals surface area contributed by atoms with E-state index in [2.05, 4.69) is 28.2 Å². The Labute approximate surface area is 98.6 Å². The van der Waals surface area contributed by atoms with Gasteiger partial charge in [-0.1, -0.05) is 22.9 Å². The summed E-state index contributed by atoms with van der Waals surface area (Å²) >= 11 is 3.41. The zero-order valence-electron chi connectivity index (χ0n) is 9.01. The maximum absolute atomic E-state index is 9.51. The molecule has 3 nitrogen and oxygen atoms in total. The number of hydrogen-bond acceptors (Lipinski definition) is 3. The van der Waals surface area contributed by atoms with E-state index in [9.17, 15) is 5.11 Å². The molecule has 0 aliphatic carbocycles. The summed E-state index contributed by atoms with van der Waals surface area (Å²) in [6.07, 6.45) is 1.10. The number of nitrogens with one attached hydrogen (secondary N) is 1. The largest absolute Gasteiger partial charge is 0.504 e. The summed E-state index contributed by atoms with van der Waals surface area (Å²) in [7, 11) is 1.55. The third-order valence-electron chi connectivity index (χ3n) is 2.09. The molecule has 0 radical (unpaired) electrons. The molecule has 1 rings (SSSR count). The topological polar surface area (TPSA) is 41.5 Å². The lowest BCUT2D eigenvalue weighted by molar-refractivity contribution is 0.372. The molecular weight excluding hydrogens is 258 g/mol. The molecule has 4 heteroatoms. The van der Waals surface area contributed by atoms with E-state index >= 15 is 0 Å². The van der Waals surface area contributed by atoms with E-state index in [4.69, 9.17) is 4.74 Å². The maximum Gasteiger partial charge on any atom is 0.160 e. The first-order chi connectivity index (χ1) is 7.19. The highest BCUT2D eigenvalue weighted by molar-refractivity contribution is 9.10. The number of ether oxygens (including phenoxy) is 1. The number of phenolic OH excluding ortho intramolecular Hbond substituents is 1. The van der Waals surface area contributed by atoms with E-state index < -0.39 is 0 Å². The van der Waals surface area contributed by atoms with Gasteiger partial charge in [-0.3, -0.25) is 0 Å². The molecular formula is C11H16BrNO2. The van der Waals surface area contributed by atoms with Gasteiger partial charge in [0.15, 0.2) is 11.5 Å². The number of methoxy groups -OCH3 is 1. The van der Waals surface area contributed by atoms with Crippen LogP contribution in [0.3, 0.4) is 0 Å². The summed E-state index contributed by atoms with van der Waals surface area (Å²) in [5.74, 6) is 0.662. The number of halogens is 1. The third kappa shape index (κ3) is 3.39. The maximum atomic E-state index is 9.51. The van der Waals surface area contributed by atoms with Crippen molar-refractivity contribution in [1.82, 2.24) is 5.32 Å². The average Bonchev–Trinajstić information content (AvgIpc) is 2.21. The van der Waals surface area contributed by atoms with Crippen molar-refractivity contribution in [1.29, 1.82) is 0 Å². The Morgan fingerprint density at radius 3 is 2.80 bits per heavy atom. The molecule has 0 heterocycles. The smallest absolute Gasteiger partial charge is 0.160 e. The van der Waals surface area contributed by atoms with Gasteiger partial charge >= 0.3 is 0 Å². The first-order valence-corrected chi connectivity index (χ1v) is 5.74. The number of rotatable bonds is 5. The van der Waals surface area contributed by atoms with Gasteiger partial charge in [0.05, 0.1) is 7.11 Å². The number of aromatic hydroxyl groups is 1. The van der Waals surface area contributed by atoms with Crippen LogP contribution in [0.15, 0.2) is 16.6 Å². The van der Waals surface area contributed by atoms with Gasteiger partial charge in [0, 0.05) is 11.0 Å². The lowest BCUT2D eigenvalue weighted by atomic mass is 10.2. The fourth-order valence-electron chi connectivity index (χ4n) is 1.28. The van der Waals surface area contributed by atoms with Gasteiger partial charge in [-0.2, -0.15) is 0 Å². The molecule has 1 aromatic carbocycles. The van der Waals surface area contributed by atoms with Gasteiger partial charge in [-0.15, -0.1) is 0 Å². The summed E-state index contributed by atoms with van der Waals surface area (Å²) in [5, 5.41) is 12.8. The predicted molar refractivity (Wildman–Crippen MR) is 64.4 cm³/mol. The van der Waals surface area contributed by atoms with Crippen molar-refractivity contribution in [3.8, 4) is 11.5 Å². The Kier molecular flexibility index (Phi) is 4.91.